The zero-order valence-corrected chi connectivity index (χ0v) is 16.8. The number of thiophene rings is 1. The lowest BCUT2D eigenvalue weighted by Crippen LogP contribution is -2.44. The summed E-state index contributed by atoms with van der Waals surface area (Å²) in [6.45, 7) is 6.57. The number of amides is 1. The van der Waals surface area contributed by atoms with Crippen molar-refractivity contribution in [3.63, 3.8) is 0 Å². The van der Waals surface area contributed by atoms with Gasteiger partial charge in [-0.15, -0.1) is 11.3 Å². The number of anilines is 1. The Kier molecular flexibility index (Phi) is 5.69. The molecule has 2 aromatic rings. The van der Waals surface area contributed by atoms with Crippen LogP contribution in [-0.2, 0) is 11.2 Å². The Morgan fingerprint density at radius 2 is 1.96 bits per heavy atom. The minimum absolute atomic E-state index is 0.0720. The predicted molar refractivity (Wildman–Crippen MR) is 102 cm³/mol. The number of rotatable bonds is 3. The highest BCUT2D eigenvalue weighted by molar-refractivity contribution is 7.18. The molecule has 3 heterocycles. The van der Waals surface area contributed by atoms with Gasteiger partial charge in [0.25, 0.3) is 0 Å². The monoisotopic (exact) mass is 416 g/mol. The van der Waals surface area contributed by atoms with Crippen LogP contribution in [-0.4, -0.2) is 51.9 Å². The van der Waals surface area contributed by atoms with Crippen LogP contribution in [0.2, 0.25) is 0 Å². The zero-order chi connectivity index (χ0) is 20.5. The van der Waals surface area contributed by atoms with Crippen molar-refractivity contribution in [3.05, 3.63) is 17.3 Å². The summed E-state index contributed by atoms with van der Waals surface area (Å²) in [6, 6.07) is 1.58. The van der Waals surface area contributed by atoms with Crippen molar-refractivity contribution in [2.24, 2.45) is 0 Å². The molecule has 0 saturated carbocycles. The largest absolute Gasteiger partial charge is 0.444 e. The molecule has 1 fully saturated rings. The molecule has 0 atom stereocenters. The lowest BCUT2D eigenvalue weighted by atomic mass is 10.1. The molecule has 2 aromatic heterocycles. The summed E-state index contributed by atoms with van der Waals surface area (Å²) in [4.78, 5) is 22.9. The van der Waals surface area contributed by atoms with Gasteiger partial charge >= 0.3 is 12.3 Å². The summed E-state index contributed by atoms with van der Waals surface area (Å²) in [5, 5.41) is 3.90. The van der Waals surface area contributed by atoms with Gasteiger partial charge in [0, 0.05) is 24.0 Å². The summed E-state index contributed by atoms with van der Waals surface area (Å²) in [5.41, 5.74) is -0.536. The first-order valence-electron chi connectivity index (χ1n) is 9.05. The Balaban J connectivity index is 1.63. The maximum absolute atomic E-state index is 12.7. The standard InChI is InChI=1S/C18H23F3N4O2S/c1-17(2,3)27-16(26)25-6-4-11(5-7-25)24-14-13-8-12(9-18(19,20)21)28-15(13)23-10-22-14/h8,10-11H,4-7,9H2,1-3H3,(H,22,23,24). The van der Waals surface area contributed by atoms with Gasteiger partial charge in [-0.1, -0.05) is 0 Å². The highest BCUT2D eigenvalue weighted by atomic mass is 32.1. The van der Waals surface area contributed by atoms with Crippen molar-refractivity contribution in [2.75, 3.05) is 18.4 Å². The highest BCUT2D eigenvalue weighted by Gasteiger charge is 2.30. The topological polar surface area (TPSA) is 67.3 Å². The molecule has 154 valence electrons. The fourth-order valence-electron chi connectivity index (χ4n) is 3.03. The van der Waals surface area contributed by atoms with Crippen LogP contribution in [0, 0.1) is 0 Å². The first-order valence-corrected chi connectivity index (χ1v) is 9.86. The molecule has 0 spiro atoms. The van der Waals surface area contributed by atoms with E-state index < -0.39 is 18.2 Å². The van der Waals surface area contributed by atoms with Crippen molar-refractivity contribution in [1.29, 1.82) is 0 Å². The number of carbonyl (C=O) groups is 1. The van der Waals surface area contributed by atoms with Gasteiger partial charge < -0.3 is 15.0 Å². The molecule has 0 bridgehead atoms. The molecule has 0 unspecified atom stereocenters. The van der Waals surface area contributed by atoms with Gasteiger partial charge in [-0.25, -0.2) is 14.8 Å². The maximum Gasteiger partial charge on any atom is 0.410 e. The molecule has 1 aliphatic heterocycles. The fraction of sp³-hybridized carbons (Fsp3) is 0.611. The molecule has 10 heteroatoms. The van der Waals surface area contributed by atoms with Crippen LogP contribution in [0.5, 0.6) is 0 Å². The Morgan fingerprint density at radius 1 is 1.29 bits per heavy atom. The van der Waals surface area contributed by atoms with E-state index >= 15 is 0 Å². The average molecular weight is 416 g/mol. The molecule has 28 heavy (non-hydrogen) atoms. The van der Waals surface area contributed by atoms with Crippen LogP contribution in [0.4, 0.5) is 23.8 Å². The summed E-state index contributed by atoms with van der Waals surface area (Å²) in [7, 11) is 0. The SMILES string of the molecule is CC(C)(C)OC(=O)N1CCC(Nc2ncnc3sc(CC(F)(F)F)cc23)CC1. The molecule has 1 amide bonds. The van der Waals surface area contributed by atoms with Crippen LogP contribution >= 0.6 is 11.3 Å². The minimum Gasteiger partial charge on any atom is -0.444 e. The van der Waals surface area contributed by atoms with Gasteiger partial charge in [0.15, 0.2) is 0 Å². The van der Waals surface area contributed by atoms with Crippen molar-refractivity contribution >= 4 is 33.5 Å². The lowest BCUT2D eigenvalue weighted by molar-refractivity contribution is -0.126. The quantitative estimate of drug-likeness (QED) is 0.792. The van der Waals surface area contributed by atoms with E-state index in [-0.39, 0.29) is 17.0 Å². The fourth-order valence-corrected chi connectivity index (χ4v) is 4.06. The number of nitrogens with one attached hydrogen (secondary N) is 1. The van der Waals surface area contributed by atoms with Gasteiger partial charge in [-0.3, -0.25) is 0 Å². The number of halogens is 3. The zero-order valence-electron chi connectivity index (χ0n) is 16.0. The number of hydrogen-bond donors (Lipinski definition) is 1. The smallest absolute Gasteiger partial charge is 0.410 e. The van der Waals surface area contributed by atoms with Gasteiger partial charge in [0.1, 0.15) is 22.6 Å². The number of alkyl halides is 3. The second-order valence-corrected chi connectivity index (χ2v) is 8.95. The average Bonchev–Trinajstić information content (AvgIpc) is 2.95. The van der Waals surface area contributed by atoms with E-state index in [9.17, 15) is 18.0 Å². The normalized spacial score (nSPS) is 16.4. The third-order valence-corrected chi connectivity index (χ3v) is 5.29. The van der Waals surface area contributed by atoms with Gasteiger partial charge in [0.2, 0.25) is 0 Å². The third kappa shape index (κ3) is 5.46. The summed E-state index contributed by atoms with van der Waals surface area (Å²) >= 11 is 1.03. The van der Waals surface area contributed by atoms with E-state index in [1.807, 2.05) is 20.8 Å². The molecule has 3 rings (SSSR count). The highest BCUT2D eigenvalue weighted by Crippen LogP contribution is 2.33. The van der Waals surface area contributed by atoms with E-state index in [1.54, 1.807) is 4.90 Å². The third-order valence-electron chi connectivity index (χ3n) is 4.24. The van der Waals surface area contributed by atoms with Crippen LogP contribution in [0.3, 0.4) is 0 Å². The number of nitrogens with zero attached hydrogens (tertiary/aromatic N) is 3. The Labute approximate surface area is 165 Å². The maximum atomic E-state index is 12.7. The Morgan fingerprint density at radius 3 is 2.57 bits per heavy atom. The number of carbonyl (C=O) groups excluding carboxylic acids is 1. The first kappa shape index (κ1) is 20.6. The number of piperidine rings is 1. The summed E-state index contributed by atoms with van der Waals surface area (Å²) in [5.74, 6) is 0.533. The number of fused-ring (bicyclic) bond motifs is 1. The van der Waals surface area contributed by atoms with Gasteiger partial charge in [0.05, 0.1) is 11.8 Å². The van der Waals surface area contributed by atoms with E-state index in [2.05, 4.69) is 15.3 Å². The molecule has 0 aromatic carbocycles. The molecule has 0 aliphatic carbocycles. The molecule has 0 radical (unpaired) electrons. The van der Waals surface area contributed by atoms with Crippen LogP contribution in [0.15, 0.2) is 12.4 Å². The van der Waals surface area contributed by atoms with Crippen LogP contribution < -0.4 is 5.32 Å². The second kappa shape index (κ2) is 7.73. The minimum atomic E-state index is -4.25. The summed E-state index contributed by atoms with van der Waals surface area (Å²) in [6.07, 6.45) is -2.80. The molecule has 1 N–H and O–H groups in total. The van der Waals surface area contributed by atoms with Crippen molar-refractivity contribution < 1.29 is 22.7 Å². The number of hydrogen-bond acceptors (Lipinski definition) is 6. The second-order valence-electron chi connectivity index (χ2n) is 7.83. The predicted octanol–water partition coefficient (Wildman–Crippen LogP) is 4.61. The summed E-state index contributed by atoms with van der Waals surface area (Å²) < 4.78 is 43.4. The molecular formula is C18H23F3N4O2S. The molecule has 1 aliphatic rings. The first-order chi connectivity index (χ1) is 13.0. The van der Waals surface area contributed by atoms with Crippen LogP contribution in [0.1, 0.15) is 38.5 Å². The van der Waals surface area contributed by atoms with Gasteiger partial charge in [-0.2, -0.15) is 13.2 Å². The number of ether oxygens (including phenoxy) is 1. The van der Waals surface area contributed by atoms with Crippen molar-refractivity contribution in [1.82, 2.24) is 14.9 Å². The Bertz CT molecular complexity index is 839. The van der Waals surface area contributed by atoms with Crippen molar-refractivity contribution in [3.8, 4) is 0 Å². The number of likely N-dealkylation sites (tertiary alicyclic amines) is 1. The van der Waals surface area contributed by atoms with E-state index in [4.69, 9.17) is 4.74 Å². The van der Waals surface area contributed by atoms with Gasteiger partial charge in [-0.05, 0) is 39.7 Å². The molecular weight excluding hydrogens is 393 g/mol. The molecule has 6 nitrogen and oxygen atoms in total. The van der Waals surface area contributed by atoms with E-state index in [0.29, 0.717) is 42.0 Å². The molecule has 1 saturated heterocycles. The number of aromatic nitrogens is 2. The van der Waals surface area contributed by atoms with E-state index in [1.165, 1.54) is 12.4 Å². The van der Waals surface area contributed by atoms with Crippen LogP contribution in [0.25, 0.3) is 10.2 Å². The lowest BCUT2D eigenvalue weighted by Gasteiger charge is -2.33. The Hall–Kier alpha value is -2.10. The van der Waals surface area contributed by atoms with E-state index in [0.717, 1.165) is 11.3 Å². The van der Waals surface area contributed by atoms with Crippen molar-refractivity contribution in [2.45, 2.75) is 57.9 Å².